The highest BCUT2D eigenvalue weighted by Gasteiger charge is 2.34. The fourth-order valence-corrected chi connectivity index (χ4v) is 2.86. The Hall–Kier alpha value is -3.39. The zero-order valence-electron chi connectivity index (χ0n) is 14.1. The first-order valence-corrected chi connectivity index (χ1v) is 7.94. The monoisotopic (exact) mass is 330 g/mol. The smallest absolute Gasteiger partial charge is 0.176 e. The maximum atomic E-state index is 12.3. The molecule has 2 aromatic rings. The van der Waals surface area contributed by atoms with E-state index in [0.29, 0.717) is 17.0 Å². The van der Waals surface area contributed by atoms with Crippen LogP contribution in [0.4, 0.5) is 5.69 Å². The molecule has 5 nitrogen and oxygen atoms in total. The van der Waals surface area contributed by atoms with Gasteiger partial charge in [0.2, 0.25) is 0 Å². The Morgan fingerprint density at radius 2 is 1.80 bits per heavy atom. The van der Waals surface area contributed by atoms with Crippen LogP contribution < -0.4 is 10.7 Å². The number of hydrogen-bond donors (Lipinski definition) is 1. The molecule has 1 atom stereocenters. The van der Waals surface area contributed by atoms with Crippen molar-refractivity contribution in [2.75, 3.05) is 5.01 Å². The molecule has 1 heterocycles. The van der Waals surface area contributed by atoms with Gasteiger partial charge in [0.15, 0.2) is 5.78 Å². The van der Waals surface area contributed by atoms with Gasteiger partial charge in [-0.3, -0.25) is 4.79 Å². The molecule has 0 spiro atoms. The predicted octanol–water partition coefficient (Wildman–Crippen LogP) is 3.24. The van der Waals surface area contributed by atoms with Gasteiger partial charge < -0.3 is 5.73 Å². The first kappa shape index (κ1) is 16.5. The van der Waals surface area contributed by atoms with E-state index < -0.39 is 5.92 Å². The lowest BCUT2D eigenvalue weighted by atomic mass is 9.84. The molecule has 0 saturated heterocycles. The summed E-state index contributed by atoms with van der Waals surface area (Å²) in [4.78, 5) is 12.3. The van der Waals surface area contributed by atoms with E-state index in [1.54, 1.807) is 0 Å². The minimum atomic E-state index is -0.553. The second kappa shape index (κ2) is 6.62. The molecule has 2 aromatic carbocycles. The Bertz CT molecular complexity index is 905. The number of nitrogens with two attached hydrogens (primary N) is 1. The molecule has 1 unspecified atom stereocenters. The number of anilines is 1. The number of nitriles is 1. The van der Waals surface area contributed by atoms with Crippen molar-refractivity contribution < 1.29 is 4.79 Å². The lowest BCUT2D eigenvalue weighted by Gasteiger charge is -2.30. The number of carbonyl (C=O) groups is 1. The first-order chi connectivity index (χ1) is 12.0. The van der Waals surface area contributed by atoms with Gasteiger partial charge in [-0.05, 0) is 24.6 Å². The quantitative estimate of drug-likeness (QED) is 0.936. The summed E-state index contributed by atoms with van der Waals surface area (Å²) in [6.07, 6.45) is 0. The Labute approximate surface area is 146 Å². The van der Waals surface area contributed by atoms with Crippen LogP contribution in [0.3, 0.4) is 0 Å². The summed E-state index contributed by atoms with van der Waals surface area (Å²) in [6, 6.07) is 19.1. The number of ketones is 1. The number of rotatable bonds is 3. The summed E-state index contributed by atoms with van der Waals surface area (Å²) in [5, 5.41) is 15.7. The summed E-state index contributed by atoms with van der Waals surface area (Å²) in [5.74, 6) is -0.501. The van der Waals surface area contributed by atoms with Crippen LogP contribution in [0.2, 0.25) is 0 Å². The molecule has 0 amide bonds. The van der Waals surface area contributed by atoms with Crippen LogP contribution in [0.1, 0.15) is 24.0 Å². The van der Waals surface area contributed by atoms with Crippen LogP contribution in [0.5, 0.6) is 0 Å². The molecule has 25 heavy (non-hydrogen) atoms. The Balaban J connectivity index is 2.18. The number of para-hydroxylation sites is 1. The third kappa shape index (κ3) is 3.02. The second-order valence-electron chi connectivity index (χ2n) is 5.94. The van der Waals surface area contributed by atoms with Gasteiger partial charge in [0.05, 0.1) is 23.2 Å². The minimum absolute atomic E-state index is 0.188. The molecule has 0 radical (unpaired) electrons. The van der Waals surface area contributed by atoms with Crippen LogP contribution in [-0.4, -0.2) is 11.5 Å². The highest BCUT2D eigenvalue weighted by Crippen LogP contribution is 2.34. The van der Waals surface area contributed by atoms with E-state index in [2.05, 4.69) is 11.2 Å². The number of hydrazone groups is 1. The molecule has 1 aliphatic heterocycles. The van der Waals surface area contributed by atoms with E-state index in [0.717, 1.165) is 11.1 Å². The predicted molar refractivity (Wildman–Crippen MR) is 97.8 cm³/mol. The molecule has 0 aromatic heterocycles. The Morgan fingerprint density at radius 1 is 1.16 bits per heavy atom. The van der Waals surface area contributed by atoms with Crippen molar-refractivity contribution in [3.05, 3.63) is 77.1 Å². The van der Waals surface area contributed by atoms with Crippen molar-refractivity contribution in [3.63, 3.8) is 0 Å². The highest BCUT2D eigenvalue weighted by atomic mass is 16.1. The number of nitrogens with zero attached hydrogens (tertiary/aromatic N) is 3. The van der Waals surface area contributed by atoms with Gasteiger partial charge in [0.1, 0.15) is 11.5 Å². The average molecular weight is 330 g/mol. The molecule has 0 bridgehead atoms. The topological polar surface area (TPSA) is 82.5 Å². The molecule has 124 valence electrons. The Morgan fingerprint density at radius 3 is 2.36 bits per heavy atom. The minimum Gasteiger partial charge on any atom is -0.383 e. The summed E-state index contributed by atoms with van der Waals surface area (Å²) in [7, 11) is 0. The van der Waals surface area contributed by atoms with Gasteiger partial charge in [-0.25, -0.2) is 5.01 Å². The molecule has 3 rings (SSSR count). The second-order valence-corrected chi connectivity index (χ2v) is 5.94. The van der Waals surface area contributed by atoms with Gasteiger partial charge >= 0.3 is 0 Å². The van der Waals surface area contributed by atoms with Crippen molar-refractivity contribution in [1.82, 2.24) is 0 Å². The summed E-state index contributed by atoms with van der Waals surface area (Å²) < 4.78 is 0. The summed E-state index contributed by atoms with van der Waals surface area (Å²) in [6.45, 7) is 3.44. The standard InChI is InChI=1S/C20H18N4O/c1-13-8-10-15(11-9-13)18-17(12-21)20(22)24(23-19(18)14(2)25)16-6-4-3-5-7-16/h3-11,18H,22H2,1-2H3. The zero-order valence-corrected chi connectivity index (χ0v) is 14.1. The molecular weight excluding hydrogens is 312 g/mol. The number of Topliss-reactive ketones (excluding diaryl/α,β-unsaturated/α-hetero) is 1. The van der Waals surface area contributed by atoms with Crippen LogP contribution in [0, 0.1) is 18.3 Å². The van der Waals surface area contributed by atoms with Crippen LogP contribution in [0.25, 0.3) is 0 Å². The average Bonchev–Trinajstić information content (AvgIpc) is 2.62. The summed E-state index contributed by atoms with van der Waals surface area (Å²) in [5.41, 5.74) is 9.51. The van der Waals surface area contributed by atoms with Crippen molar-refractivity contribution in [1.29, 1.82) is 5.26 Å². The van der Waals surface area contributed by atoms with Crippen molar-refractivity contribution in [2.24, 2.45) is 10.8 Å². The van der Waals surface area contributed by atoms with E-state index in [9.17, 15) is 10.1 Å². The Kier molecular flexibility index (Phi) is 4.36. The van der Waals surface area contributed by atoms with Gasteiger partial charge in [-0.1, -0.05) is 48.0 Å². The number of benzene rings is 2. The van der Waals surface area contributed by atoms with Crippen LogP contribution >= 0.6 is 0 Å². The first-order valence-electron chi connectivity index (χ1n) is 7.94. The number of carbonyl (C=O) groups excluding carboxylic acids is 1. The SMILES string of the molecule is CC(=O)C1=NN(c2ccccc2)C(N)=C(C#N)C1c1ccc(C)cc1. The van der Waals surface area contributed by atoms with E-state index in [-0.39, 0.29) is 11.6 Å². The lowest BCUT2D eigenvalue weighted by molar-refractivity contribution is -0.111. The molecule has 2 N–H and O–H groups in total. The maximum absolute atomic E-state index is 12.3. The van der Waals surface area contributed by atoms with Crippen molar-refractivity contribution in [3.8, 4) is 6.07 Å². The normalized spacial score (nSPS) is 17.1. The highest BCUT2D eigenvalue weighted by molar-refractivity contribution is 6.42. The van der Waals surface area contributed by atoms with E-state index in [4.69, 9.17) is 5.73 Å². The summed E-state index contributed by atoms with van der Waals surface area (Å²) >= 11 is 0. The van der Waals surface area contributed by atoms with Gasteiger partial charge in [-0.15, -0.1) is 0 Å². The largest absolute Gasteiger partial charge is 0.383 e. The third-order valence-electron chi connectivity index (χ3n) is 4.17. The van der Waals surface area contributed by atoms with Crippen molar-refractivity contribution >= 4 is 17.2 Å². The molecule has 0 fully saturated rings. The lowest BCUT2D eigenvalue weighted by Crippen LogP contribution is -2.36. The maximum Gasteiger partial charge on any atom is 0.176 e. The third-order valence-corrected chi connectivity index (χ3v) is 4.17. The van der Waals surface area contributed by atoms with E-state index >= 15 is 0 Å². The zero-order chi connectivity index (χ0) is 18.0. The van der Waals surface area contributed by atoms with Gasteiger partial charge in [0, 0.05) is 6.92 Å². The molecular formula is C20H18N4O. The molecule has 0 saturated carbocycles. The van der Waals surface area contributed by atoms with Gasteiger partial charge in [-0.2, -0.15) is 10.4 Å². The molecule has 1 aliphatic rings. The van der Waals surface area contributed by atoms with E-state index in [1.165, 1.54) is 11.9 Å². The van der Waals surface area contributed by atoms with E-state index in [1.807, 2.05) is 61.5 Å². The molecule has 0 aliphatic carbocycles. The number of hydrogen-bond acceptors (Lipinski definition) is 5. The van der Waals surface area contributed by atoms with Crippen LogP contribution in [0.15, 0.2) is 71.1 Å². The van der Waals surface area contributed by atoms with Crippen LogP contribution in [-0.2, 0) is 4.79 Å². The number of allylic oxidation sites excluding steroid dienone is 1. The van der Waals surface area contributed by atoms with Gasteiger partial charge in [0.25, 0.3) is 0 Å². The number of aryl methyl sites for hydroxylation is 1. The molecule has 5 heteroatoms. The van der Waals surface area contributed by atoms with Crippen molar-refractivity contribution in [2.45, 2.75) is 19.8 Å². The fraction of sp³-hybridized carbons (Fsp3) is 0.150. The fourth-order valence-electron chi connectivity index (χ4n) is 2.86.